The van der Waals surface area contributed by atoms with E-state index in [1.807, 2.05) is 21.1 Å². The van der Waals surface area contributed by atoms with E-state index in [0.717, 1.165) is 70.6 Å². The molecule has 0 saturated carbocycles. The summed E-state index contributed by atoms with van der Waals surface area (Å²) in [5, 5.41) is 11.8. The Morgan fingerprint density at radius 1 is 0.429 bits per heavy atom. The lowest BCUT2D eigenvalue weighted by Gasteiger charge is -2.26. The van der Waals surface area contributed by atoms with Crippen molar-refractivity contribution in [3.63, 3.8) is 0 Å². The highest BCUT2D eigenvalue weighted by atomic mass is 16.7. The Balaban J connectivity index is 4.23. The molecule has 0 aliphatic carbocycles. The van der Waals surface area contributed by atoms with Gasteiger partial charge in [0.2, 0.25) is 0 Å². The first-order valence-corrected chi connectivity index (χ1v) is 29.6. The Hall–Kier alpha value is -2.49. The van der Waals surface area contributed by atoms with E-state index in [4.69, 9.17) is 18.9 Å². The van der Waals surface area contributed by atoms with E-state index in [1.165, 1.54) is 173 Å². The third-order valence-corrected chi connectivity index (χ3v) is 13.1. The molecule has 0 aromatic carbocycles. The van der Waals surface area contributed by atoms with Crippen molar-refractivity contribution in [2.24, 2.45) is 0 Å². The first-order chi connectivity index (χ1) is 34.1. The predicted octanol–water partition coefficient (Wildman–Crippen LogP) is 16.0. The molecule has 410 valence electrons. The Morgan fingerprint density at radius 3 is 1.14 bits per heavy atom. The van der Waals surface area contributed by atoms with Gasteiger partial charge in [-0.05, 0) is 51.4 Å². The summed E-state index contributed by atoms with van der Waals surface area (Å²) in [6, 6.07) is 0. The molecule has 0 radical (unpaired) electrons. The van der Waals surface area contributed by atoms with Gasteiger partial charge in [-0.3, -0.25) is 9.59 Å². The highest BCUT2D eigenvalue weighted by Crippen LogP contribution is 2.17. The number of hydrogen-bond acceptors (Lipinski definition) is 8. The van der Waals surface area contributed by atoms with Crippen molar-refractivity contribution in [3.05, 3.63) is 36.5 Å². The van der Waals surface area contributed by atoms with Crippen molar-refractivity contribution in [3.8, 4) is 0 Å². The minimum Gasteiger partial charge on any atom is -0.545 e. The predicted molar refractivity (Wildman–Crippen MR) is 293 cm³/mol. The summed E-state index contributed by atoms with van der Waals surface area (Å²) in [5.74, 6) is -2.28. The van der Waals surface area contributed by atoms with Gasteiger partial charge in [0.05, 0.1) is 40.3 Å². The van der Waals surface area contributed by atoms with Crippen LogP contribution >= 0.6 is 0 Å². The summed E-state index contributed by atoms with van der Waals surface area (Å²) in [6.07, 6.45) is 60.5. The van der Waals surface area contributed by atoms with Gasteiger partial charge in [0, 0.05) is 12.8 Å². The van der Waals surface area contributed by atoms with Crippen molar-refractivity contribution in [1.82, 2.24) is 0 Å². The van der Waals surface area contributed by atoms with Crippen LogP contribution in [0.25, 0.3) is 0 Å². The van der Waals surface area contributed by atoms with Crippen LogP contribution < -0.4 is 5.11 Å². The van der Waals surface area contributed by atoms with Gasteiger partial charge < -0.3 is 33.3 Å². The molecule has 9 nitrogen and oxygen atoms in total. The summed E-state index contributed by atoms with van der Waals surface area (Å²) in [6.45, 7) is 4.76. The van der Waals surface area contributed by atoms with Gasteiger partial charge in [0.1, 0.15) is 13.2 Å². The molecule has 2 atom stereocenters. The molecule has 0 spiro atoms. The molecule has 9 heteroatoms. The van der Waals surface area contributed by atoms with Gasteiger partial charge in [-0.15, -0.1) is 0 Å². The number of rotatable bonds is 55. The fourth-order valence-corrected chi connectivity index (χ4v) is 8.55. The Morgan fingerprint density at radius 2 is 0.771 bits per heavy atom. The third kappa shape index (κ3) is 53.3. The van der Waals surface area contributed by atoms with E-state index in [0.29, 0.717) is 23.9 Å². The van der Waals surface area contributed by atoms with E-state index in [-0.39, 0.29) is 32.2 Å². The number of quaternary nitrogens is 1. The molecule has 0 aromatic heterocycles. The molecule has 0 aliphatic rings. The number of allylic oxidation sites excluding steroid dienone is 6. The van der Waals surface area contributed by atoms with Crippen LogP contribution in [-0.4, -0.2) is 82.3 Å². The second kappa shape index (κ2) is 52.8. The second-order valence-corrected chi connectivity index (χ2v) is 21.3. The maximum atomic E-state index is 12.9. The smallest absolute Gasteiger partial charge is 0.306 e. The molecule has 0 N–H and O–H groups in total. The molecule has 2 unspecified atom stereocenters. The van der Waals surface area contributed by atoms with Crippen LogP contribution in [0, 0.1) is 0 Å². The summed E-state index contributed by atoms with van der Waals surface area (Å²) in [7, 11) is 5.92. The highest BCUT2D eigenvalue weighted by molar-refractivity contribution is 5.70. The zero-order valence-corrected chi connectivity index (χ0v) is 46.7. The minimum atomic E-state index is -1.62. The number of nitrogens with zero attached hydrogens (tertiary/aromatic N) is 1. The number of unbranched alkanes of at least 4 members (excludes halogenated alkanes) is 34. The molecule has 0 bridgehead atoms. The number of ether oxygens (including phenoxy) is 4. The van der Waals surface area contributed by atoms with Crippen molar-refractivity contribution in [2.45, 2.75) is 289 Å². The monoisotopic (exact) mass is 988 g/mol. The Labute approximate surface area is 432 Å². The van der Waals surface area contributed by atoms with Gasteiger partial charge >= 0.3 is 11.9 Å². The Bertz CT molecular complexity index is 1240. The number of hydrogen-bond donors (Lipinski definition) is 0. The average molecular weight is 989 g/mol. The lowest BCUT2D eigenvalue weighted by Crippen LogP contribution is -2.44. The Kier molecular flexibility index (Phi) is 50.9. The van der Waals surface area contributed by atoms with Crippen LogP contribution in [0.4, 0.5) is 0 Å². The second-order valence-electron chi connectivity index (χ2n) is 21.3. The topological polar surface area (TPSA) is 111 Å². The number of carbonyl (C=O) groups is 3. The fourth-order valence-electron chi connectivity index (χ4n) is 8.55. The summed E-state index contributed by atoms with van der Waals surface area (Å²) in [4.78, 5) is 37.3. The quantitative estimate of drug-likeness (QED) is 0.0195. The standard InChI is InChI=1S/C61H113NO8/c1-6-8-10-12-14-16-18-20-22-24-26-28-29-30-32-33-35-37-39-41-43-45-47-49-51-58(63)68-55-57(56-69-61(60(65)66)67-54-53-62(3,4)5)70-59(64)52-50-48-46-44-42-40-38-36-34-31-27-25-23-21-19-17-15-13-11-9-7-2/h19,21,25,27,34,36,57,61H,6-18,20,22-24,26,28-33,35,37-56H2,1-5H3/b21-19-,27-25-,36-34-. The molecule has 70 heavy (non-hydrogen) atoms. The van der Waals surface area contributed by atoms with Crippen LogP contribution in [0.1, 0.15) is 277 Å². The molecule has 0 aliphatic heterocycles. The van der Waals surface area contributed by atoms with Crippen LogP contribution in [0.2, 0.25) is 0 Å². The zero-order valence-electron chi connectivity index (χ0n) is 46.7. The van der Waals surface area contributed by atoms with Gasteiger partial charge in [0.25, 0.3) is 0 Å². The molecule has 0 saturated heterocycles. The number of carbonyl (C=O) groups excluding carboxylic acids is 3. The number of likely N-dealkylation sites (N-methyl/N-ethyl adjacent to an activating group) is 1. The van der Waals surface area contributed by atoms with Crippen molar-refractivity contribution in [2.75, 3.05) is 47.5 Å². The minimum absolute atomic E-state index is 0.146. The van der Waals surface area contributed by atoms with Crippen molar-refractivity contribution >= 4 is 17.9 Å². The van der Waals surface area contributed by atoms with E-state index in [2.05, 4.69) is 50.3 Å². The van der Waals surface area contributed by atoms with Gasteiger partial charge in [-0.25, -0.2) is 0 Å². The number of carboxylic acids is 1. The van der Waals surface area contributed by atoms with Gasteiger partial charge in [-0.1, -0.05) is 249 Å². The molecular weight excluding hydrogens is 875 g/mol. The first-order valence-electron chi connectivity index (χ1n) is 29.6. The number of carboxylic acid groups (broad SMARTS) is 1. The maximum Gasteiger partial charge on any atom is 0.306 e. The largest absolute Gasteiger partial charge is 0.545 e. The fraction of sp³-hybridized carbons (Fsp3) is 0.852. The van der Waals surface area contributed by atoms with E-state index >= 15 is 0 Å². The first kappa shape index (κ1) is 67.5. The summed E-state index contributed by atoms with van der Waals surface area (Å²) >= 11 is 0. The van der Waals surface area contributed by atoms with E-state index < -0.39 is 24.3 Å². The highest BCUT2D eigenvalue weighted by Gasteiger charge is 2.22. The molecule has 0 aromatic rings. The van der Waals surface area contributed by atoms with Crippen LogP contribution in [0.3, 0.4) is 0 Å². The summed E-state index contributed by atoms with van der Waals surface area (Å²) < 4.78 is 22.7. The molecule has 0 heterocycles. The van der Waals surface area contributed by atoms with Crippen molar-refractivity contribution in [1.29, 1.82) is 0 Å². The van der Waals surface area contributed by atoms with Gasteiger partial charge in [-0.2, -0.15) is 0 Å². The van der Waals surface area contributed by atoms with Gasteiger partial charge in [0.15, 0.2) is 12.4 Å². The zero-order chi connectivity index (χ0) is 51.3. The maximum absolute atomic E-state index is 12.9. The lowest BCUT2D eigenvalue weighted by atomic mass is 10.0. The summed E-state index contributed by atoms with van der Waals surface area (Å²) in [5.41, 5.74) is 0. The van der Waals surface area contributed by atoms with Crippen molar-refractivity contribution < 1.29 is 42.9 Å². The van der Waals surface area contributed by atoms with E-state index in [1.54, 1.807) is 0 Å². The molecule has 0 fully saturated rings. The number of esters is 2. The third-order valence-electron chi connectivity index (χ3n) is 13.1. The SMILES string of the molecule is CCCCCCC/C=C\C/C=C\C/C=C\CCCCCCCCC(=O)OC(COC(=O)CCCCCCCCCCCCCCCCCCCCCCCCCC)COC(OCC[N+](C)(C)C)C(=O)[O-]. The van der Waals surface area contributed by atoms with Crippen LogP contribution in [0.15, 0.2) is 36.5 Å². The van der Waals surface area contributed by atoms with Crippen LogP contribution in [0.5, 0.6) is 0 Å². The molecule has 0 rings (SSSR count). The number of aliphatic carboxylic acids is 1. The van der Waals surface area contributed by atoms with E-state index in [9.17, 15) is 19.5 Å². The lowest BCUT2D eigenvalue weighted by molar-refractivity contribution is -0.870. The van der Waals surface area contributed by atoms with Crippen LogP contribution in [-0.2, 0) is 33.3 Å². The molecular formula is C61H113NO8. The molecule has 0 amide bonds. The normalized spacial score (nSPS) is 13.0. The average Bonchev–Trinajstić information content (AvgIpc) is 3.33.